The predicted octanol–water partition coefficient (Wildman–Crippen LogP) is 2.71. The first-order valence-electron chi connectivity index (χ1n) is 5.34. The molecule has 1 heterocycles. The molecule has 0 fully saturated rings. The molecule has 2 nitrogen and oxygen atoms in total. The third-order valence-corrected chi connectivity index (χ3v) is 3.08. The lowest BCUT2D eigenvalue weighted by atomic mass is 9.83. The summed E-state index contributed by atoms with van der Waals surface area (Å²) in [6, 6.07) is 8.40. The number of hydrogen-bond donors (Lipinski definition) is 2. The molecule has 0 spiro atoms. The second-order valence-corrected chi connectivity index (χ2v) is 4.76. The third-order valence-electron chi connectivity index (χ3n) is 3.08. The Balaban J connectivity index is 2.74. The molecule has 0 amide bonds. The zero-order valence-electron chi connectivity index (χ0n) is 9.59. The highest BCUT2D eigenvalue weighted by atomic mass is 14.7. The van der Waals surface area contributed by atoms with Gasteiger partial charge in [-0.2, -0.15) is 0 Å². The molecule has 15 heavy (non-hydrogen) atoms. The van der Waals surface area contributed by atoms with E-state index in [1.807, 2.05) is 0 Å². The third kappa shape index (κ3) is 1.55. The number of aryl methyl sites for hydroxylation is 1. The number of nitrogens with one attached hydrogen (secondary N) is 1. The van der Waals surface area contributed by atoms with Crippen LogP contribution in [0.25, 0.3) is 10.9 Å². The Kier molecular flexibility index (Phi) is 2.31. The number of H-pyrrole nitrogens is 1. The smallest absolute Gasteiger partial charge is 0.0459 e. The molecule has 0 aliphatic heterocycles. The molecule has 0 radical (unpaired) electrons. The van der Waals surface area contributed by atoms with Gasteiger partial charge in [0.2, 0.25) is 0 Å². The minimum Gasteiger partial charge on any atom is -0.358 e. The Morgan fingerprint density at radius 3 is 2.60 bits per heavy atom. The fourth-order valence-corrected chi connectivity index (χ4v) is 2.25. The average molecular weight is 202 g/mol. The van der Waals surface area contributed by atoms with Crippen molar-refractivity contribution in [2.75, 3.05) is 6.54 Å². The molecule has 2 heteroatoms. The molecule has 1 aromatic heterocycles. The van der Waals surface area contributed by atoms with E-state index in [0.29, 0.717) is 6.54 Å². The average Bonchev–Trinajstić information content (AvgIpc) is 2.54. The van der Waals surface area contributed by atoms with Crippen LogP contribution >= 0.6 is 0 Å². The molecule has 2 rings (SSSR count). The van der Waals surface area contributed by atoms with Gasteiger partial charge in [-0.05, 0) is 18.6 Å². The molecule has 3 N–H and O–H groups in total. The Labute approximate surface area is 90.5 Å². The number of fused-ring (bicyclic) bond motifs is 1. The van der Waals surface area contributed by atoms with E-state index in [9.17, 15) is 0 Å². The van der Waals surface area contributed by atoms with Crippen LogP contribution in [-0.4, -0.2) is 11.5 Å². The van der Waals surface area contributed by atoms with Crippen LogP contribution in [0.5, 0.6) is 0 Å². The number of aromatic nitrogens is 1. The fourth-order valence-electron chi connectivity index (χ4n) is 2.25. The van der Waals surface area contributed by atoms with Crippen molar-refractivity contribution in [2.45, 2.75) is 26.2 Å². The van der Waals surface area contributed by atoms with Gasteiger partial charge in [-0.3, -0.25) is 0 Å². The largest absolute Gasteiger partial charge is 0.358 e. The Hall–Kier alpha value is -1.28. The molecule has 1 aromatic carbocycles. The second-order valence-electron chi connectivity index (χ2n) is 4.76. The molecule has 2 aromatic rings. The first kappa shape index (κ1) is 10.2. The van der Waals surface area contributed by atoms with E-state index in [2.05, 4.69) is 50.0 Å². The molecule has 80 valence electrons. The zero-order chi connectivity index (χ0) is 11.1. The van der Waals surface area contributed by atoms with Gasteiger partial charge in [0.05, 0.1) is 0 Å². The van der Waals surface area contributed by atoms with Crippen LogP contribution < -0.4 is 5.73 Å². The number of rotatable bonds is 2. The number of hydrogen-bond acceptors (Lipinski definition) is 1. The Morgan fingerprint density at radius 1 is 1.27 bits per heavy atom. The lowest BCUT2D eigenvalue weighted by Gasteiger charge is -2.23. The quantitative estimate of drug-likeness (QED) is 0.772. The van der Waals surface area contributed by atoms with Gasteiger partial charge in [-0.25, -0.2) is 0 Å². The van der Waals surface area contributed by atoms with E-state index in [1.165, 1.54) is 22.2 Å². The lowest BCUT2D eigenvalue weighted by molar-refractivity contribution is 0.540. The van der Waals surface area contributed by atoms with Gasteiger partial charge in [0.25, 0.3) is 0 Å². The SMILES string of the molecule is Cc1[nH]c2ccccc2c1C(C)(C)CN. The summed E-state index contributed by atoms with van der Waals surface area (Å²) in [5.74, 6) is 0. The second kappa shape index (κ2) is 3.38. The first-order valence-corrected chi connectivity index (χ1v) is 5.34. The Bertz CT molecular complexity index is 480. The van der Waals surface area contributed by atoms with Gasteiger partial charge in [-0.1, -0.05) is 32.0 Å². The molecule has 0 saturated carbocycles. The maximum absolute atomic E-state index is 5.84. The zero-order valence-corrected chi connectivity index (χ0v) is 9.59. The summed E-state index contributed by atoms with van der Waals surface area (Å²) in [5.41, 5.74) is 9.65. The van der Waals surface area contributed by atoms with E-state index in [0.717, 1.165) is 0 Å². The van der Waals surface area contributed by atoms with Gasteiger partial charge < -0.3 is 10.7 Å². The molecular weight excluding hydrogens is 184 g/mol. The highest BCUT2D eigenvalue weighted by Crippen LogP contribution is 2.32. The van der Waals surface area contributed by atoms with Crippen LogP contribution in [0, 0.1) is 6.92 Å². The number of para-hydroxylation sites is 1. The van der Waals surface area contributed by atoms with Crippen LogP contribution in [0.4, 0.5) is 0 Å². The van der Waals surface area contributed by atoms with Crippen molar-refractivity contribution >= 4 is 10.9 Å². The fraction of sp³-hybridized carbons (Fsp3) is 0.385. The van der Waals surface area contributed by atoms with Crippen LogP contribution in [0.1, 0.15) is 25.1 Å². The maximum atomic E-state index is 5.84. The van der Waals surface area contributed by atoms with Gasteiger partial charge in [-0.15, -0.1) is 0 Å². The maximum Gasteiger partial charge on any atom is 0.0459 e. The van der Waals surface area contributed by atoms with Crippen molar-refractivity contribution in [1.29, 1.82) is 0 Å². The van der Waals surface area contributed by atoms with Crippen molar-refractivity contribution < 1.29 is 0 Å². The number of benzene rings is 1. The lowest BCUT2D eigenvalue weighted by Crippen LogP contribution is -2.28. The summed E-state index contributed by atoms with van der Waals surface area (Å²) in [6.07, 6.45) is 0. The van der Waals surface area contributed by atoms with Crippen LogP contribution in [0.3, 0.4) is 0 Å². The highest BCUT2D eigenvalue weighted by molar-refractivity contribution is 5.85. The van der Waals surface area contributed by atoms with E-state index >= 15 is 0 Å². The molecular formula is C13H18N2. The summed E-state index contributed by atoms with van der Waals surface area (Å²) in [5, 5.41) is 1.30. The summed E-state index contributed by atoms with van der Waals surface area (Å²) in [7, 11) is 0. The summed E-state index contributed by atoms with van der Waals surface area (Å²) < 4.78 is 0. The van der Waals surface area contributed by atoms with Crippen LogP contribution in [0.2, 0.25) is 0 Å². The normalized spacial score (nSPS) is 12.3. The highest BCUT2D eigenvalue weighted by Gasteiger charge is 2.24. The minimum atomic E-state index is 0.0314. The van der Waals surface area contributed by atoms with Gasteiger partial charge in [0.1, 0.15) is 0 Å². The Morgan fingerprint density at radius 2 is 1.93 bits per heavy atom. The number of aromatic amines is 1. The van der Waals surface area contributed by atoms with Crippen molar-refractivity contribution in [3.8, 4) is 0 Å². The van der Waals surface area contributed by atoms with E-state index < -0.39 is 0 Å². The minimum absolute atomic E-state index is 0.0314. The van der Waals surface area contributed by atoms with Crippen molar-refractivity contribution in [3.05, 3.63) is 35.5 Å². The molecule has 0 bridgehead atoms. The number of nitrogens with two attached hydrogens (primary N) is 1. The molecule has 0 saturated heterocycles. The summed E-state index contributed by atoms with van der Waals surface area (Å²) >= 11 is 0. The monoisotopic (exact) mass is 202 g/mol. The van der Waals surface area contributed by atoms with E-state index in [-0.39, 0.29) is 5.41 Å². The van der Waals surface area contributed by atoms with Gasteiger partial charge >= 0.3 is 0 Å². The van der Waals surface area contributed by atoms with E-state index in [1.54, 1.807) is 0 Å². The van der Waals surface area contributed by atoms with Crippen LogP contribution in [-0.2, 0) is 5.41 Å². The predicted molar refractivity (Wildman–Crippen MR) is 65.1 cm³/mol. The summed E-state index contributed by atoms with van der Waals surface area (Å²) in [6.45, 7) is 7.16. The van der Waals surface area contributed by atoms with Crippen molar-refractivity contribution in [2.24, 2.45) is 5.73 Å². The van der Waals surface area contributed by atoms with Crippen molar-refractivity contribution in [1.82, 2.24) is 4.98 Å². The van der Waals surface area contributed by atoms with Crippen molar-refractivity contribution in [3.63, 3.8) is 0 Å². The van der Waals surface area contributed by atoms with Gasteiger partial charge in [0.15, 0.2) is 0 Å². The van der Waals surface area contributed by atoms with Gasteiger partial charge in [0, 0.05) is 28.6 Å². The standard InChI is InChI=1S/C13H18N2/c1-9-12(13(2,3)8-14)10-6-4-5-7-11(10)15-9/h4-7,15H,8,14H2,1-3H3. The molecule has 0 aliphatic carbocycles. The molecule has 0 aliphatic rings. The van der Waals surface area contributed by atoms with Crippen LogP contribution in [0.15, 0.2) is 24.3 Å². The molecule has 0 unspecified atom stereocenters. The first-order chi connectivity index (χ1) is 7.06. The topological polar surface area (TPSA) is 41.8 Å². The van der Waals surface area contributed by atoms with E-state index in [4.69, 9.17) is 5.73 Å². The molecule has 0 atom stereocenters. The summed E-state index contributed by atoms with van der Waals surface area (Å²) in [4.78, 5) is 3.41.